The molecule has 127 valence electrons. The van der Waals surface area contributed by atoms with Crippen molar-refractivity contribution >= 4 is 5.91 Å². The number of nitrogens with zero attached hydrogens (tertiary/aromatic N) is 1. The van der Waals surface area contributed by atoms with Crippen molar-refractivity contribution < 1.29 is 10.0 Å². The smallest absolute Gasteiger partial charge is 0.251 e. The summed E-state index contributed by atoms with van der Waals surface area (Å²) in [5.41, 5.74) is -0.232. The van der Waals surface area contributed by atoms with E-state index in [1.54, 1.807) is 0 Å². The highest BCUT2D eigenvalue weighted by molar-refractivity contribution is 5.94. The lowest BCUT2D eigenvalue weighted by molar-refractivity contribution is -0.313. The van der Waals surface area contributed by atoms with Crippen LogP contribution < -0.4 is 5.32 Å². The number of piperidine rings is 1. The highest BCUT2D eigenvalue weighted by Gasteiger charge is 2.53. The molecule has 23 heavy (non-hydrogen) atoms. The van der Waals surface area contributed by atoms with Crippen molar-refractivity contribution in [1.29, 1.82) is 0 Å². The molecule has 4 nitrogen and oxygen atoms in total. The Bertz CT molecular complexity index is 548. The van der Waals surface area contributed by atoms with Crippen LogP contribution in [0.25, 0.3) is 0 Å². The Morgan fingerprint density at radius 3 is 2.35 bits per heavy atom. The lowest BCUT2D eigenvalue weighted by Crippen LogP contribution is -2.68. The van der Waals surface area contributed by atoms with Crippen LogP contribution >= 0.6 is 0 Å². The van der Waals surface area contributed by atoms with E-state index < -0.39 is 11.1 Å². The molecule has 0 spiro atoms. The molecule has 1 aliphatic rings. The molecule has 1 saturated heterocycles. The van der Waals surface area contributed by atoms with E-state index in [4.69, 9.17) is 0 Å². The summed E-state index contributed by atoms with van der Waals surface area (Å²) >= 11 is 0. The molecule has 1 aliphatic heterocycles. The molecule has 1 aromatic rings. The largest absolute Gasteiger partial charge is 0.349 e. The van der Waals surface area contributed by atoms with E-state index in [0.717, 1.165) is 12.8 Å². The van der Waals surface area contributed by atoms with Crippen LogP contribution in [0.4, 0.5) is 0 Å². The highest BCUT2D eigenvalue weighted by atomic mass is 16.5. The van der Waals surface area contributed by atoms with Crippen LogP contribution in [0.15, 0.2) is 30.3 Å². The van der Waals surface area contributed by atoms with E-state index >= 15 is 0 Å². The van der Waals surface area contributed by atoms with E-state index in [1.165, 1.54) is 5.06 Å². The number of hydrogen-bond acceptors (Lipinski definition) is 2. The third-order valence-corrected chi connectivity index (χ3v) is 6.03. The summed E-state index contributed by atoms with van der Waals surface area (Å²) in [5, 5.41) is 17.4. The van der Waals surface area contributed by atoms with Gasteiger partial charge in [-0.1, -0.05) is 39.0 Å². The molecule has 4 unspecified atom stereocenters. The fraction of sp³-hybridized carbons (Fsp3) is 0.632. The van der Waals surface area contributed by atoms with Crippen molar-refractivity contribution in [3.8, 4) is 0 Å². The van der Waals surface area contributed by atoms with Crippen molar-refractivity contribution in [3.63, 3.8) is 0 Å². The Balaban J connectivity index is 2.25. The predicted molar refractivity (Wildman–Crippen MR) is 91.4 cm³/mol. The number of amides is 1. The summed E-state index contributed by atoms with van der Waals surface area (Å²) in [7, 11) is 0. The fourth-order valence-corrected chi connectivity index (χ4v) is 3.74. The van der Waals surface area contributed by atoms with E-state index in [1.807, 2.05) is 51.1 Å². The average Bonchev–Trinajstić information content (AvgIpc) is 2.58. The normalized spacial score (nSPS) is 35.0. The average molecular weight is 317 g/mol. The van der Waals surface area contributed by atoms with Crippen molar-refractivity contribution in [3.05, 3.63) is 35.9 Å². The predicted octanol–water partition coefficient (Wildman–Crippen LogP) is 3.81. The number of nitrogens with one attached hydrogen (secondary N) is 1. The maximum absolute atomic E-state index is 12.9. The van der Waals surface area contributed by atoms with Crippen LogP contribution in [0.3, 0.4) is 0 Å². The minimum absolute atomic E-state index is 0.00260. The van der Waals surface area contributed by atoms with Gasteiger partial charge in [-0.05, 0) is 51.2 Å². The van der Waals surface area contributed by atoms with Gasteiger partial charge >= 0.3 is 0 Å². The van der Waals surface area contributed by atoms with Gasteiger partial charge in [0.25, 0.3) is 5.91 Å². The molecule has 0 aliphatic carbocycles. The van der Waals surface area contributed by atoms with Gasteiger partial charge in [-0.25, -0.2) is 0 Å². The first-order valence-electron chi connectivity index (χ1n) is 8.62. The zero-order valence-corrected chi connectivity index (χ0v) is 14.9. The third kappa shape index (κ3) is 3.15. The lowest BCUT2D eigenvalue weighted by Gasteiger charge is -2.56. The van der Waals surface area contributed by atoms with Gasteiger partial charge < -0.3 is 5.32 Å². The first-order valence-corrected chi connectivity index (χ1v) is 8.62. The van der Waals surface area contributed by atoms with E-state index in [-0.39, 0.29) is 17.9 Å². The molecular formula is C19H29N2O2. The second-order valence-corrected chi connectivity index (χ2v) is 7.29. The Morgan fingerprint density at radius 1 is 1.22 bits per heavy atom. The van der Waals surface area contributed by atoms with Gasteiger partial charge in [0.2, 0.25) is 0 Å². The summed E-state index contributed by atoms with van der Waals surface area (Å²) in [6.45, 7) is 10.2. The highest BCUT2D eigenvalue weighted by Crippen LogP contribution is 2.44. The SMILES string of the molecule is CCC1(C)CC(NC(=O)c2ccccc2)C(C)C(C)(CC)N1[O]. The van der Waals surface area contributed by atoms with Crippen molar-refractivity contribution in [1.82, 2.24) is 10.4 Å². The van der Waals surface area contributed by atoms with E-state index in [9.17, 15) is 10.0 Å². The van der Waals surface area contributed by atoms with Gasteiger partial charge in [-0.3, -0.25) is 4.79 Å². The van der Waals surface area contributed by atoms with E-state index in [0.29, 0.717) is 12.0 Å². The summed E-state index contributed by atoms with van der Waals surface area (Å²) in [4.78, 5) is 12.5. The minimum atomic E-state index is -0.461. The second kappa shape index (κ2) is 6.62. The van der Waals surface area contributed by atoms with Gasteiger partial charge in [0.1, 0.15) is 0 Å². The Morgan fingerprint density at radius 2 is 1.83 bits per heavy atom. The molecule has 1 aromatic carbocycles. The lowest BCUT2D eigenvalue weighted by atomic mass is 9.68. The zero-order chi connectivity index (χ0) is 17.3. The fourth-order valence-electron chi connectivity index (χ4n) is 3.74. The van der Waals surface area contributed by atoms with Gasteiger partial charge in [0, 0.05) is 17.1 Å². The first-order chi connectivity index (χ1) is 10.8. The van der Waals surface area contributed by atoms with Crippen LogP contribution in [0.5, 0.6) is 0 Å². The van der Waals surface area contributed by atoms with Crippen LogP contribution in [-0.2, 0) is 5.21 Å². The number of hydrogen-bond donors (Lipinski definition) is 1. The number of carbonyl (C=O) groups excluding carboxylic acids is 1. The molecule has 0 saturated carbocycles. The molecule has 1 fully saturated rings. The summed E-state index contributed by atoms with van der Waals surface area (Å²) in [6, 6.07) is 9.28. The zero-order valence-electron chi connectivity index (χ0n) is 14.9. The molecule has 2 rings (SSSR count). The van der Waals surface area contributed by atoms with Gasteiger partial charge in [0.05, 0.1) is 5.54 Å². The third-order valence-electron chi connectivity index (χ3n) is 6.03. The molecule has 1 radical (unpaired) electrons. The van der Waals surface area contributed by atoms with Gasteiger partial charge in [-0.15, -0.1) is 10.3 Å². The van der Waals surface area contributed by atoms with Crippen LogP contribution in [-0.4, -0.2) is 28.1 Å². The standard InChI is InChI=1S/C19H29N2O2/c1-6-18(4)13-16(14(3)19(5,7-2)21(18)23)20-17(22)15-11-9-8-10-12-15/h8-12,14,16H,6-7,13H2,1-5H3,(H,20,22). The maximum Gasteiger partial charge on any atom is 0.251 e. The van der Waals surface area contributed by atoms with Gasteiger partial charge in [0.15, 0.2) is 0 Å². The Hall–Kier alpha value is -1.39. The van der Waals surface area contributed by atoms with Gasteiger partial charge in [-0.2, -0.15) is 0 Å². The monoisotopic (exact) mass is 317 g/mol. The number of carbonyl (C=O) groups is 1. The quantitative estimate of drug-likeness (QED) is 0.918. The molecule has 4 heteroatoms. The first kappa shape index (κ1) is 18.0. The molecule has 0 bridgehead atoms. The molecule has 1 amide bonds. The summed E-state index contributed by atoms with van der Waals surface area (Å²) in [5.74, 6) is 0.0380. The Kier molecular flexibility index (Phi) is 5.17. The molecule has 4 atom stereocenters. The molecule has 0 aromatic heterocycles. The molecule has 1 N–H and O–H groups in total. The molecule has 1 heterocycles. The van der Waals surface area contributed by atoms with Crippen molar-refractivity contribution in [2.24, 2.45) is 5.92 Å². The second-order valence-electron chi connectivity index (χ2n) is 7.29. The minimum Gasteiger partial charge on any atom is -0.349 e. The van der Waals surface area contributed by atoms with Crippen molar-refractivity contribution in [2.75, 3.05) is 0 Å². The molecular weight excluding hydrogens is 288 g/mol. The Labute approximate surface area is 139 Å². The number of benzene rings is 1. The maximum atomic E-state index is 12.9. The van der Waals surface area contributed by atoms with E-state index in [2.05, 4.69) is 19.2 Å². The number of rotatable bonds is 4. The van der Waals surface area contributed by atoms with Crippen LogP contribution in [0.2, 0.25) is 0 Å². The topological polar surface area (TPSA) is 52.2 Å². The van der Waals surface area contributed by atoms with Crippen LogP contribution in [0, 0.1) is 5.92 Å². The van der Waals surface area contributed by atoms with Crippen LogP contribution in [0.1, 0.15) is 64.2 Å². The van der Waals surface area contributed by atoms with Crippen molar-refractivity contribution in [2.45, 2.75) is 71.0 Å². The summed E-state index contributed by atoms with van der Waals surface area (Å²) in [6.07, 6.45) is 2.23. The number of hydroxylamine groups is 2. The summed E-state index contributed by atoms with van der Waals surface area (Å²) < 4.78 is 0.